The molecule has 4 nitrogen and oxygen atoms in total. The van der Waals surface area contributed by atoms with E-state index in [-0.39, 0.29) is 12.5 Å². The standard InChI is InChI=1S/C17H17NO3S/c1-11-4-2-6-13(8-11)18-16(19)10-21-17(20)15-9-12-5-3-7-14(12)22-15/h2,4,6,8-9H,3,5,7,10H2,1H3,(H,18,19). The van der Waals surface area contributed by atoms with Crippen molar-refractivity contribution in [3.63, 3.8) is 0 Å². The molecule has 114 valence electrons. The zero-order valence-corrected chi connectivity index (χ0v) is 13.2. The number of carbonyl (C=O) groups is 2. The number of fused-ring (bicyclic) bond motifs is 1. The van der Waals surface area contributed by atoms with Crippen LogP contribution >= 0.6 is 11.3 Å². The van der Waals surface area contributed by atoms with Crippen molar-refractivity contribution in [1.82, 2.24) is 0 Å². The maximum Gasteiger partial charge on any atom is 0.348 e. The highest BCUT2D eigenvalue weighted by Crippen LogP contribution is 2.30. The van der Waals surface area contributed by atoms with Gasteiger partial charge in [-0.1, -0.05) is 12.1 Å². The minimum absolute atomic E-state index is 0.269. The van der Waals surface area contributed by atoms with Crippen molar-refractivity contribution in [3.05, 3.63) is 51.2 Å². The van der Waals surface area contributed by atoms with Gasteiger partial charge in [-0.15, -0.1) is 11.3 Å². The molecule has 1 aliphatic carbocycles. The first-order chi connectivity index (χ1) is 10.6. The second kappa shape index (κ2) is 6.32. The van der Waals surface area contributed by atoms with Gasteiger partial charge in [0.1, 0.15) is 4.88 Å². The Morgan fingerprint density at radius 2 is 2.14 bits per heavy atom. The molecule has 22 heavy (non-hydrogen) atoms. The molecule has 1 aromatic carbocycles. The van der Waals surface area contributed by atoms with Crippen molar-refractivity contribution in [2.75, 3.05) is 11.9 Å². The summed E-state index contributed by atoms with van der Waals surface area (Å²) in [4.78, 5) is 25.6. The number of aryl methyl sites for hydroxylation is 3. The van der Waals surface area contributed by atoms with Gasteiger partial charge in [0.15, 0.2) is 6.61 Å². The van der Waals surface area contributed by atoms with E-state index in [1.165, 1.54) is 21.8 Å². The second-order valence-corrected chi connectivity index (χ2v) is 6.54. The van der Waals surface area contributed by atoms with E-state index in [9.17, 15) is 9.59 Å². The first-order valence-corrected chi connectivity index (χ1v) is 8.09. The summed E-state index contributed by atoms with van der Waals surface area (Å²) in [6, 6.07) is 9.38. The van der Waals surface area contributed by atoms with Crippen LogP contribution < -0.4 is 5.32 Å². The van der Waals surface area contributed by atoms with Gasteiger partial charge in [0.2, 0.25) is 0 Å². The monoisotopic (exact) mass is 315 g/mol. The third-order valence-corrected chi connectivity index (χ3v) is 4.80. The van der Waals surface area contributed by atoms with Crippen molar-refractivity contribution in [2.45, 2.75) is 26.2 Å². The molecule has 0 bridgehead atoms. The Morgan fingerprint density at radius 1 is 1.27 bits per heavy atom. The van der Waals surface area contributed by atoms with Crippen LogP contribution in [0.15, 0.2) is 30.3 Å². The molecular formula is C17H17NO3S. The summed E-state index contributed by atoms with van der Waals surface area (Å²) in [6.45, 7) is 1.68. The zero-order valence-electron chi connectivity index (χ0n) is 12.3. The molecule has 5 heteroatoms. The minimum Gasteiger partial charge on any atom is -0.451 e. The number of esters is 1. The first-order valence-electron chi connectivity index (χ1n) is 7.27. The molecule has 0 spiro atoms. The van der Waals surface area contributed by atoms with Crippen LogP contribution in [0.2, 0.25) is 0 Å². The predicted molar refractivity (Wildman–Crippen MR) is 86.4 cm³/mol. The molecule has 0 saturated carbocycles. The summed E-state index contributed by atoms with van der Waals surface area (Å²) in [7, 11) is 0. The summed E-state index contributed by atoms with van der Waals surface area (Å²) >= 11 is 1.48. The van der Waals surface area contributed by atoms with Crippen molar-refractivity contribution in [3.8, 4) is 0 Å². The van der Waals surface area contributed by atoms with Crippen molar-refractivity contribution in [2.24, 2.45) is 0 Å². The molecule has 1 heterocycles. The largest absolute Gasteiger partial charge is 0.451 e. The number of carbonyl (C=O) groups excluding carboxylic acids is 2. The van der Waals surface area contributed by atoms with Gasteiger partial charge in [0.05, 0.1) is 0 Å². The van der Waals surface area contributed by atoms with Crippen LogP contribution in [0.4, 0.5) is 5.69 Å². The highest BCUT2D eigenvalue weighted by Gasteiger charge is 2.19. The van der Waals surface area contributed by atoms with E-state index in [2.05, 4.69) is 5.32 Å². The number of ether oxygens (including phenoxy) is 1. The predicted octanol–water partition coefficient (Wildman–Crippen LogP) is 3.34. The van der Waals surface area contributed by atoms with Gasteiger partial charge in [0.25, 0.3) is 5.91 Å². The summed E-state index contributed by atoms with van der Waals surface area (Å²) in [5.74, 6) is -0.748. The molecule has 0 aliphatic heterocycles. The van der Waals surface area contributed by atoms with E-state index in [4.69, 9.17) is 4.74 Å². The molecule has 1 amide bonds. The second-order valence-electron chi connectivity index (χ2n) is 5.41. The van der Waals surface area contributed by atoms with Crippen LogP contribution in [0, 0.1) is 6.92 Å². The Hall–Kier alpha value is -2.14. The number of anilines is 1. The fourth-order valence-electron chi connectivity index (χ4n) is 2.55. The number of rotatable bonds is 4. The summed E-state index contributed by atoms with van der Waals surface area (Å²) < 4.78 is 5.09. The number of hydrogen-bond donors (Lipinski definition) is 1. The van der Waals surface area contributed by atoms with E-state index in [0.29, 0.717) is 10.6 Å². The molecule has 0 unspecified atom stereocenters. The van der Waals surface area contributed by atoms with Crippen LogP contribution in [-0.2, 0) is 22.4 Å². The van der Waals surface area contributed by atoms with E-state index in [1.54, 1.807) is 6.07 Å². The maximum atomic E-state index is 12.0. The number of thiophene rings is 1. The Balaban J connectivity index is 1.53. The van der Waals surface area contributed by atoms with Gasteiger partial charge in [-0.3, -0.25) is 4.79 Å². The quantitative estimate of drug-likeness (QED) is 0.880. The van der Waals surface area contributed by atoms with Crippen molar-refractivity contribution >= 4 is 28.9 Å². The van der Waals surface area contributed by atoms with Crippen LogP contribution in [0.3, 0.4) is 0 Å². The fraction of sp³-hybridized carbons (Fsp3) is 0.294. The van der Waals surface area contributed by atoms with Crippen LogP contribution in [-0.4, -0.2) is 18.5 Å². The normalized spacial score (nSPS) is 12.8. The van der Waals surface area contributed by atoms with E-state index < -0.39 is 5.97 Å². The molecule has 0 atom stereocenters. The van der Waals surface area contributed by atoms with Crippen LogP contribution in [0.5, 0.6) is 0 Å². The van der Waals surface area contributed by atoms with E-state index >= 15 is 0 Å². The lowest BCUT2D eigenvalue weighted by molar-refractivity contribution is -0.119. The molecule has 0 radical (unpaired) electrons. The topological polar surface area (TPSA) is 55.4 Å². The first kappa shape index (κ1) is 14.8. The van der Waals surface area contributed by atoms with E-state index in [0.717, 1.165) is 24.8 Å². The number of amides is 1. The maximum absolute atomic E-state index is 12.0. The molecule has 2 aromatic rings. The third-order valence-electron chi connectivity index (χ3n) is 3.58. The molecular weight excluding hydrogens is 298 g/mol. The van der Waals surface area contributed by atoms with Crippen LogP contribution in [0.25, 0.3) is 0 Å². The fourth-order valence-corrected chi connectivity index (χ4v) is 3.70. The highest BCUT2D eigenvalue weighted by molar-refractivity contribution is 7.14. The smallest absolute Gasteiger partial charge is 0.348 e. The summed E-state index contributed by atoms with van der Waals surface area (Å²) in [5, 5.41) is 2.72. The van der Waals surface area contributed by atoms with Gasteiger partial charge in [-0.25, -0.2) is 4.79 Å². The summed E-state index contributed by atoms with van der Waals surface area (Å²) in [6.07, 6.45) is 3.24. The average molecular weight is 315 g/mol. The molecule has 1 N–H and O–H groups in total. The minimum atomic E-state index is -0.418. The molecule has 0 fully saturated rings. The van der Waals surface area contributed by atoms with Crippen molar-refractivity contribution in [1.29, 1.82) is 0 Å². The Labute approximate surface area is 133 Å². The Kier molecular flexibility index (Phi) is 4.24. The molecule has 0 saturated heterocycles. The lowest BCUT2D eigenvalue weighted by atomic mass is 10.2. The Bertz CT molecular complexity index is 699. The number of benzene rings is 1. The van der Waals surface area contributed by atoms with Gasteiger partial charge in [0, 0.05) is 10.6 Å². The molecule has 3 rings (SSSR count). The zero-order chi connectivity index (χ0) is 15.5. The number of hydrogen-bond acceptors (Lipinski definition) is 4. The Morgan fingerprint density at radius 3 is 2.91 bits per heavy atom. The van der Waals surface area contributed by atoms with Gasteiger partial charge >= 0.3 is 5.97 Å². The summed E-state index contributed by atoms with van der Waals surface area (Å²) in [5.41, 5.74) is 3.01. The highest BCUT2D eigenvalue weighted by atomic mass is 32.1. The SMILES string of the molecule is Cc1cccc(NC(=O)COC(=O)c2cc3c(s2)CCC3)c1. The number of nitrogens with one attached hydrogen (secondary N) is 1. The van der Waals surface area contributed by atoms with Gasteiger partial charge in [-0.2, -0.15) is 0 Å². The van der Waals surface area contributed by atoms with Crippen molar-refractivity contribution < 1.29 is 14.3 Å². The van der Waals surface area contributed by atoms with Crippen LogP contribution in [0.1, 0.15) is 32.1 Å². The molecule has 1 aromatic heterocycles. The van der Waals surface area contributed by atoms with E-state index in [1.807, 2.05) is 31.2 Å². The lowest BCUT2D eigenvalue weighted by Crippen LogP contribution is -2.20. The van der Waals surface area contributed by atoms with Gasteiger partial charge in [-0.05, 0) is 55.5 Å². The lowest BCUT2D eigenvalue weighted by Gasteiger charge is -2.06. The van der Waals surface area contributed by atoms with Gasteiger partial charge < -0.3 is 10.1 Å². The third kappa shape index (κ3) is 3.36. The molecule has 1 aliphatic rings. The average Bonchev–Trinajstić information content (AvgIpc) is 3.06.